The van der Waals surface area contributed by atoms with Crippen molar-refractivity contribution in [3.63, 3.8) is 0 Å². The minimum absolute atomic E-state index is 0.0299. The molecule has 0 bridgehead atoms. The maximum atomic E-state index is 14.9. The molecule has 1 unspecified atom stereocenters. The van der Waals surface area contributed by atoms with E-state index in [4.69, 9.17) is 4.98 Å². The van der Waals surface area contributed by atoms with Crippen molar-refractivity contribution in [3.8, 4) is 0 Å². The molecule has 5 rings (SSSR count). The first-order valence-electron chi connectivity index (χ1n) is 12.4. The van der Waals surface area contributed by atoms with E-state index in [9.17, 15) is 9.18 Å². The molecule has 1 amide bonds. The normalized spacial score (nSPS) is 16.6. The van der Waals surface area contributed by atoms with Gasteiger partial charge >= 0.3 is 0 Å². The van der Waals surface area contributed by atoms with E-state index in [1.165, 1.54) is 6.07 Å². The molecule has 1 aliphatic heterocycles. The highest BCUT2D eigenvalue weighted by Crippen LogP contribution is 2.37. The molecule has 188 valence electrons. The number of aromatic nitrogens is 3. The number of nitrogens with zero attached hydrogens (tertiary/aromatic N) is 5. The summed E-state index contributed by atoms with van der Waals surface area (Å²) in [6.45, 7) is 5.84. The molecular weight excluding hydrogens is 457 g/mol. The fourth-order valence-corrected chi connectivity index (χ4v) is 4.93. The van der Waals surface area contributed by atoms with Crippen LogP contribution in [0.25, 0.3) is 0 Å². The van der Waals surface area contributed by atoms with Crippen LogP contribution in [0.4, 0.5) is 16.2 Å². The summed E-state index contributed by atoms with van der Waals surface area (Å²) in [5, 5.41) is 6.85. The maximum Gasteiger partial charge on any atom is 0.273 e. The molecule has 9 heteroatoms. The first kappa shape index (κ1) is 24.1. The van der Waals surface area contributed by atoms with Gasteiger partial charge in [0.15, 0.2) is 0 Å². The molecule has 36 heavy (non-hydrogen) atoms. The Morgan fingerprint density at radius 3 is 2.69 bits per heavy atom. The molecular formula is C27H32FN7O. The van der Waals surface area contributed by atoms with Crippen molar-refractivity contribution in [1.82, 2.24) is 24.8 Å². The smallest absolute Gasteiger partial charge is 0.273 e. The van der Waals surface area contributed by atoms with Crippen LogP contribution in [0.1, 0.15) is 58.3 Å². The lowest BCUT2D eigenvalue weighted by molar-refractivity contribution is 0.0726. The molecule has 0 saturated heterocycles. The summed E-state index contributed by atoms with van der Waals surface area (Å²) in [4.78, 5) is 31.1. The first-order chi connectivity index (χ1) is 17.3. The summed E-state index contributed by atoms with van der Waals surface area (Å²) < 4.78 is 14.9. The van der Waals surface area contributed by atoms with E-state index in [2.05, 4.69) is 25.5 Å². The number of benzene rings is 1. The molecule has 8 nitrogen and oxygen atoms in total. The second-order valence-corrected chi connectivity index (χ2v) is 9.90. The van der Waals surface area contributed by atoms with E-state index < -0.39 is 0 Å². The number of amides is 1. The number of hydrogen-bond donors (Lipinski definition) is 2. The molecule has 2 N–H and O–H groups in total. The number of nitrogens with one attached hydrogen (secondary N) is 2. The number of halogens is 1. The van der Waals surface area contributed by atoms with Gasteiger partial charge < -0.3 is 20.4 Å². The second kappa shape index (κ2) is 9.81. The monoisotopic (exact) mass is 489 g/mol. The van der Waals surface area contributed by atoms with Crippen LogP contribution in [0.3, 0.4) is 0 Å². The Labute approximate surface area is 211 Å². The lowest BCUT2D eigenvalue weighted by Crippen LogP contribution is -2.31. The third-order valence-electron chi connectivity index (χ3n) is 6.86. The highest BCUT2D eigenvalue weighted by Gasteiger charge is 2.35. The molecule has 1 aliphatic carbocycles. The SMILES string of the molecule is CC(C)N1Cc2c(NC3c4cccnc4CCc4c(F)cccc43)nc(NCCN(C)C)nc2C1=O. The molecule has 3 aromatic rings. The quantitative estimate of drug-likeness (QED) is 0.524. The Bertz CT molecular complexity index is 1290. The topological polar surface area (TPSA) is 86.3 Å². The minimum Gasteiger partial charge on any atom is -0.359 e. The van der Waals surface area contributed by atoms with E-state index in [1.54, 1.807) is 17.2 Å². The molecule has 0 spiro atoms. The molecule has 0 fully saturated rings. The van der Waals surface area contributed by atoms with Crippen LogP contribution in [-0.2, 0) is 19.4 Å². The van der Waals surface area contributed by atoms with Crippen molar-refractivity contribution in [3.05, 3.63) is 76.0 Å². The Hall–Kier alpha value is -3.59. The van der Waals surface area contributed by atoms with Gasteiger partial charge in [0.25, 0.3) is 5.91 Å². The summed E-state index contributed by atoms with van der Waals surface area (Å²) >= 11 is 0. The zero-order valence-electron chi connectivity index (χ0n) is 21.2. The number of hydrogen-bond acceptors (Lipinski definition) is 7. The predicted octanol–water partition coefficient (Wildman–Crippen LogP) is 3.65. The van der Waals surface area contributed by atoms with Gasteiger partial charge in [-0.3, -0.25) is 9.78 Å². The lowest BCUT2D eigenvalue weighted by Gasteiger charge is -2.24. The second-order valence-electron chi connectivity index (χ2n) is 9.90. The number of carbonyl (C=O) groups excluding carboxylic acids is 1. The third-order valence-corrected chi connectivity index (χ3v) is 6.86. The number of rotatable bonds is 7. The van der Waals surface area contributed by atoms with Gasteiger partial charge in [0, 0.05) is 42.1 Å². The maximum absolute atomic E-state index is 14.9. The number of carbonyl (C=O) groups is 1. The van der Waals surface area contributed by atoms with Crippen LogP contribution in [-0.4, -0.2) is 63.9 Å². The highest BCUT2D eigenvalue weighted by atomic mass is 19.1. The largest absolute Gasteiger partial charge is 0.359 e. The van der Waals surface area contributed by atoms with E-state index in [0.29, 0.717) is 49.0 Å². The standard InChI is InChI=1S/C27H32FN7O/c1-16(2)35-15-20-24(26(35)36)32-27(30-13-14-34(3)4)33-25(20)31-23-18-7-5-9-21(28)17(18)10-11-22-19(23)8-6-12-29-22/h5-9,12,16,23H,10-11,13-15H2,1-4H3,(H2,30,31,32,33). The van der Waals surface area contributed by atoms with Gasteiger partial charge in [-0.2, -0.15) is 4.98 Å². The molecule has 3 heterocycles. The first-order valence-corrected chi connectivity index (χ1v) is 12.4. The lowest BCUT2D eigenvalue weighted by atomic mass is 9.95. The van der Waals surface area contributed by atoms with Crippen molar-refractivity contribution in [2.24, 2.45) is 0 Å². The average molecular weight is 490 g/mol. The number of aryl methyl sites for hydroxylation is 1. The Balaban J connectivity index is 1.60. The number of pyridine rings is 1. The summed E-state index contributed by atoms with van der Waals surface area (Å²) in [5.74, 6) is 0.667. The van der Waals surface area contributed by atoms with E-state index in [-0.39, 0.29) is 23.8 Å². The van der Waals surface area contributed by atoms with Gasteiger partial charge in [0.05, 0.1) is 12.6 Å². The van der Waals surface area contributed by atoms with Crippen LogP contribution < -0.4 is 10.6 Å². The van der Waals surface area contributed by atoms with Crippen LogP contribution in [0, 0.1) is 5.82 Å². The highest BCUT2D eigenvalue weighted by molar-refractivity contribution is 5.98. The van der Waals surface area contributed by atoms with Crippen LogP contribution in [0.15, 0.2) is 36.5 Å². The zero-order valence-corrected chi connectivity index (χ0v) is 21.2. The fourth-order valence-electron chi connectivity index (χ4n) is 4.93. The Morgan fingerprint density at radius 2 is 1.92 bits per heavy atom. The van der Waals surface area contributed by atoms with Crippen molar-refractivity contribution >= 4 is 17.7 Å². The van der Waals surface area contributed by atoms with Gasteiger partial charge in [0.2, 0.25) is 5.95 Å². The minimum atomic E-state index is -0.362. The Morgan fingerprint density at radius 1 is 1.11 bits per heavy atom. The van der Waals surface area contributed by atoms with Crippen molar-refractivity contribution < 1.29 is 9.18 Å². The molecule has 1 atom stereocenters. The van der Waals surface area contributed by atoms with Crippen molar-refractivity contribution in [2.45, 2.75) is 45.3 Å². The van der Waals surface area contributed by atoms with Gasteiger partial charge in [0.1, 0.15) is 17.3 Å². The summed E-state index contributed by atoms with van der Waals surface area (Å²) in [7, 11) is 3.99. The molecule has 2 aliphatic rings. The van der Waals surface area contributed by atoms with E-state index in [0.717, 1.165) is 28.9 Å². The van der Waals surface area contributed by atoms with Crippen LogP contribution in [0.2, 0.25) is 0 Å². The summed E-state index contributed by atoms with van der Waals surface area (Å²) in [6, 6.07) is 8.81. The van der Waals surface area contributed by atoms with Crippen LogP contribution in [0.5, 0.6) is 0 Å². The average Bonchev–Trinajstić information content (AvgIpc) is 3.09. The molecule has 0 radical (unpaired) electrons. The molecule has 2 aromatic heterocycles. The molecule has 1 aromatic carbocycles. The molecule has 0 saturated carbocycles. The van der Waals surface area contributed by atoms with E-state index in [1.807, 2.05) is 46.1 Å². The third kappa shape index (κ3) is 4.51. The summed E-state index contributed by atoms with van der Waals surface area (Å²) in [5.41, 5.74) is 4.64. The van der Waals surface area contributed by atoms with Gasteiger partial charge in [-0.05, 0) is 64.0 Å². The predicted molar refractivity (Wildman–Crippen MR) is 138 cm³/mol. The number of anilines is 2. The van der Waals surface area contributed by atoms with Crippen molar-refractivity contribution in [2.75, 3.05) is 37.8 Å². The van der Waals surface area contributed by atoms with Crippen LogP contribution >= 0.6 is 0 Å². The van der Waals surface area contributed by atoms with Crippen molar-refractivity contribution in [1.29, 1.82) is 0 Å². The van der Waals surface area contributed by atoms with Gasteiger partial charge in [-0.25, -0.2) is 9.37 Å². The fraction of sp³-hybridized carbons (Fsp3) is 0.407. The summed E-state index contributed by atoms with van der Waals surface area (Å²) in [6.07, 6.45) is 3.00. The number of fused-ring (bicyclic) bond motifs is 3. The number of likely N-dealkylation sites (N-methyl/N-ethyl adjacent to an activating group) is 1. The Kier molecular flexibility index (Phi) is 6.57. The van der Waals surface area contributed by atoms with E-state index >= 15 is 0 Å². The zero-order chi connectivity index (χ0) is 25.4. The van der Waals surface area contributed by atoms with Gasteiger partial charge in [-0.1, -0.05) is 18.2 Å². The van der Waals surface area contributed by atoms with Gasteiger partial charge in [-0.15, -0.1) is 0 Å².